The van der Waals surface area contributed by atoms with E-state index in [1.54, 1.807) is 12.1 Å². The van der Waals surface area contributed by atoms with Gasteiger partial charge >= 0.3 is 0 Å². The first kappa shape index (κ1) is 18.9. The quantitative estimate of drug-likeness (QED) is 0.654. The van der Waals surface area contributed by atoms with Crippen molar-refractivity contribution in [2.45, 2.75) is 49.8 Å². The molecule has 0 spiro atoms. The van der Waals surface area contributed by atoms with Crippen molar-refractivity contribution in [1.29, 1.82) is 0 Å². The molecule has 1 saturated carbocycles. The molecule has 24 heavy (non-hydrogen) atoms. The van der Waals surface area contributed by atoms with Gasteiger partial charge in [-0.2, -0.15) is 0 Å². The normalized spacial score (nSPS) is 16.5. The fraction of sp³-hybridized carbons (Fsp3) is 0.588. The van der Waals surface area contributed by atoms with E-state index in [9.17, 15) is 13.2 Å². The van der Waals surface area contributed by atoms with Crippen molar-refractivity contribution in [2.75, 3.05) is 18.4 Å². The molecule has 1 fully saturated rings. The maximum absolute atomic E-state index is 12.2. The van der Waals surface area contributed by atoms with E-state index >= 15 is 0 Å². The highest BCUT2D eigenvalue weighted by Gasteiger charge is 2.17. The van der Waals surface area contributed by atoms with Gasteiger partial charge in [-0.3, -0.25) is 4.79 Å². The monoisotopic (exact) mass is 353 g/mol. The lowest BCUT2D eigenvalue weighted by molar-refractivity contribution is -0.117. The Balaban J connectivity index is 1.97. The molecule has 0 saturated heterocycles. The molecule has 0 heterocycles. The van der Waals surface area contributed by atoms with E-state index in [2.05, 4.69) is 10.0 Å². The minimum absolute atomic E-state index is 0.0497. The average Bonchev–Trinajstić information content (AvgIpc) is 2.82. The lowest BCUT2D eigenvalue weighted by atomic mass is 9.96. The van der Waals surface area contributed by atoms with Gasteiger partial charge in [-0.15, -0.1) is 0 Å². The number of rotatable bonds is 7. The van der Waals surface area contributed by atoms with Crippen molar-refractivity contribution < 1.29 is 13.2 Å². The lowest BCUT2D eigenvalue weighted by Gasteiger charge is -2.14. The standard InChI is InChI=1S/C17H27N3O3S/c18-10-11-19-24(22,23)16-9-5-8-15(13-16)20-17(21)12-14-6-3-1-2-4-7-14/h5,8-9,13-14,19H,1-4,6-7,10-12,18H2,(H,20,21). The summed E-state index contributed by atoms with van der Waals surface area (Å²) in [4.78, 5) is 12.4. The van der Waals surface area contributed by atoms with Crippen LogP contribution < -0.4 is 15.8 Å². The molecule has 1 aromatic carbocycles. The van der Waals surface area contributed by atoms with Crippen molar-refractivity contribution in [3.05, 3.63) is 24.3 Å². The molecule has 6 nitrogen and oxygen atoms in total. The molecule has 0 radical (unpaired) electrons. The molecule has 4 N–H and O–H groups in total. The number of anilines is 1. The Labute approximate surface area is 144 Å². The third-order valence-corrected chi connectivity index (χ3v) is 5.77. The van der Waals surface area contributed by atoms with Gasteiger partial charge in [0.05, 0.1) is 4.90 Å². The highest BCUT2D eigenvalue weighted by molar-refractivity contribution is 7.89. The summed E-state index contributed by atoms with van der Waals surface area (Å²) in [6.45, 7) is 0.414. The van der Waals surface area contributed by atoms with Crippen LogP contribution in [0.15, 0.2) is 29.2 Å². The van der Waals surface area contributed by atoms with E-state index in [4.69, 9.17) is 5.73 Å². The van der Waals surface area contributed by atoms with Crippen LogP contribution in [-0.2, 0) is 14.8 Å². The molecular weight excluding hydrogens is 326 g/mol. The summed E-state index contributed by atoms with van der Waals surface area (Å²) in [6.07, 6.45) is 7.61. The number of carbonyl (C=O) groups is 1. The Hall–Kier alpha value is -1.44. The van der Waals surface area contributed by atoms with Crippen LogP contribution in [0.25, 0.3) is 0 Å². The van der Waals surface area contributed by atoms with E-state index < -0.39 is 10.0 Å². The van der Waals surface area contributed by atoms with Crippen molar-refractivity contribution in [2.24, 2.45) is 11.7 Å². The molecule has 7 heteroatoms. The summed E-state index contributed by atoms with van der Waals surface area (Å²) in [6, 6.07) is 6.30. The minimum atomic E-state index is -3.59. The summed E-state index contributed by atoms with van der Waals surface area (Å²) in [5, 5.41) is 2.82. The van der Waals surface area contributed by atoms with Crippen LogP contribution in [0.4, 0.5) is 5.69 Å². The van der Waals surface area contributed by atoms with Crippen LogP contribution in [0.3, 0.4) is 0 Å². The molecule has 134 valence electrons. The maximum Gasteiger partial charge on any atom is 0.240 e. The molecule has 1 aliphatic carbocycles. The average molecular weight is 353 g/mol. The molecular formula is C17H27N3O3S. The van der Waals surface area contributed by atoms with Crippen LogP contribution in [0.1, 0.15) is 44.9 Å². The molecule has 0 bridgehead atoms. The zero-order valence-electron chi connectivity index (χ0n) is 14.0. The van der Waals surface area contributed by atoms with Gasteiger partial charge in [0.1, 0.15) is 0 Å². The Kier molecular flexibility index (Phi) is 7.20. The number of sulfonamides is 1. The maximum atomic E-state index is 12.2. The van der Waals surface area contributed by atoms with E-state index in [0.29, 0.717) is 18.0 Å². The molecule has 1 aliphatic rings. The van der Waals surface area contributed by atoms with Crippen LogP contribution in [-0.4, -0.2) is 27.4 Å². The molecule has 0 atom stereocenters. The zero-order chi connectivity index (χ0) is 17.4. The lowest BCUT2D eigenvalue weighted by Crippen LogP contribution is -2.29. The van der Waals surface area contributed by atoms with Gasteiger partial charge in [0, 0.05) is 25.2 Å². The van der Waals surface area contributed by atoms with Gasteiger partial charge in [-0.25, -0.2) is 13.1 Å². The van der Waals surface area contributed by atoms with E-state index in [0.717, 1.165) is 12.8 Å². The van der Waals surface area contributed by atoms with Crippen LogP contribution in [0.2, 0.25) is 0 Å². The van der Waals surface area contributed by atoms with E-state index in [1.807, 2.05) is 0 Å². The SMILES string of the molecule is NCCNS(=O)(=O)c1cccc(NC(=O)CC2CCCCCC2)c1. The second-order valence-corrected chi connectivity index (χ2v) is 8.09. The first-order valence-corrected chi connectivity index (χ1v) is 10.1. The minimum Gasteiger partial charge on any atom is -0.329 e. The fourth-order valence-corrected chi connectivity index (χ4v) is 4.15. The van der Waals surface area contributed by atoms with Gasteiger partial charge < -0.3 is 11.1 Å². The highest BCUT2D eigenvalue weighted by atomic mass is 32.2. The Morgan fingerprint density at radius 1 is 1.17 bits per heavy atom. The summed E-state index contributed by atoms with van der Waals surface area (Å²) in [7, 11) is -3.59. The van der Waals surface area contributed by atoms with Gasteiger partial charge in [0.2, 0.25) is 15.9 Å². The Morgan fingerprint density at radius 3 is 2.54 bits per heavy atom. The summed E-state index contributed by atoms with van der Waals surface area (Å²) < 4.78 is 26.6. The number of hydrogen-bond acceptors (Lipinski definition) is 4. The summed E-state index contributed by atoms with van der Waals surface area (Å²) in [5.41, 5.74) is 5.83. The first-order chi connectivity index (χ1) is 11.5. The van der Waals surface area contributed by atoms with Gasteiger partial charge in [0.25, 0.3) is 0 Å². The number of nitrogens with one attached hydrogen (secondary N) is 2. The number of hydrogen-bond donors (Lipinski definition) is 3. The van der Waals surface area contributed by atoms with Crippen LogP contribution in [0.5, 0.6) is 0 Å². The molecule has 1 aromatic rings. The van der Waals surface area contributed by atoms with Crippen molar-refractivity contribution in [1.82, 2.24) is 4.72 Å². The number of carbonyl (C=O) groups excluding carboxylic acids is 1. The third kappa shape index (κ3) is 5.89. The van der Waals surface area contributed by atoms with Gasteiger partial charge in [-0.05, 0) is 37.0 Å². The smallest absolute Gasteiger partial charge is 0.240 e. The number of amides is 1. The summed E-state index contributed by atoms with van der Waals surface area (Å²) in [5.74, 6) is 0.386. The van der Waals surface area contributed by atoms with Gasteiger partial charge in [-0.1, -0.05) is 31.7 Å². The second kappa shape index (κ2) is 9.15. The fourth-order valence-electron chi connectivity index (χ4n) is 3.06. The number of benzene rings is 1. The summed E-state index contributed by atoms with van der Waals surface area (Å²) >= 11 is 0. The Morgan fingerprint density at radius 2 is 1.88 bits per heavy atom. The largest absolute Gasteiger partial charge is 0.329 e. The van der Waals surface area contributed by atoms with Crippen LogP contribution in [0, 0.1) is 5.92 Å². The molecule has 0 aliphatic heterocycles. The van der Waals surface area contributed by atoms with E-state index in [1.165, 1.54) is 37.8 Å². The Bertz CT molecular complexity index is 638. The van der Waals surface area contributed by atoms with Crippen molar-refractivity contribution in [3.63, 3.8) is 0 Å². The van der Waals surface area contributed by atoms with E-state index in [-0.39, 0.29) is 23.9 Å². The van der Waals surface area contributed by atoms with Crippen molar-refractivity contribution >= 4 is 21.6 Å². The topological polar surface area (TPSA) is 101 Å². The molecule has 0 unspecified atom stereocenters. The molecule has 0 aromatic heterocycles. The molecule has 2 rings (SSSR count). The third-order valence-electron chi connectivity index (χ3n) is 4.31. The molecule has 1 amide bonds. The van der Waals surface area contributed by atoms with Gasteiger partial charge in [0.15, 0.2) is 0 Å². The predicted octanol–water partition coefficient (Wildman–Crippen LogP) is 2.22. The van der Waals surface area contributed by atoms with Crippen molar-refractivity contribution in [3.8, 4) is 0 Å². The number of nitrogens with two attached hydrogens (primary N) is 1. The zero-order valence-corrected chi connectivity index (χ0v) is 14.8. The van der Waals surface area contributed by atoms with Crippen LogP contribution >= 0.6 is 0 Å². The first-order valence-electron chi connectivity index (χ1n) is 8.61. The second-order valence-electron chi connectivity index (χ2n) is 6.32. The highest BCUT2D eigenvalue weighted by Crippen LogP contribution is 2.26. The predicted molar refractivity (Wildman–Crippen MR) is 95.1 cm³/mol.